The summed E-state index contributed by atoms with van der Waals surface area (Å²) in [6.45, 7) is -0.796. The van der Waals surface area contributed by atoms with E-state index in [1.54, 1.807) is 54.6 Å². The minimum absolute atomic E-state index is 0.00186. The minimum Gasteiger partial charge on any atom is -0.488 e. The molecule has 2 heterocycles. The third-order valence-electron chi connectivity index (χ3n) is 10.3. The van der Waals surface area contributed by atoms with Crippen molar-refractivity contribution >= 4 is 27.6 Å². The fraction of sp³-hybridized carbons (Fsp3) is 0.286. The Morgan fingerprint density at radius 1 is 0.724 bits per heavy atom. The Kier molecular flexibility index (Phi) is 12.1. The van der Waals surface area contributed by atoms with E-state index in [2.05, 4.69) is 10.2 Å². The van der Waals surface area contributed by atoms with Crippen molar-refractivity contribution in [3.63, 3.8) is 0 Å². The zero-order valence-corrected chi connectivity index (χ0v) is 31.7. The molecule has 1 atom stereocenters. The van der Waals surface area contributed by atoms with Crippen LogP contribution >= 0.6 is 0 Å². The molecule has 0 spiro atoms. The fourth-order valence-electron chi connectivity index (χ4n) is 7.04. The van der Waals surface area contributed by atoms with Gasteiger partial charge in [-0.1, -0.05) is 79.9 Å². The summed E-state index contributed by atoms with van der Waals surface area (Å²) >= 11 is 0. The van der Waals surface area contributed by atoms with Crippen LogP contribution in [0.3, 0.4) is 0 Å². The Morgan fingerprint density at radius 2 is 1.34 bits per heavy atom. The molecule has 1 aliphatic heterocycles. The van der Waals surface area contributed by atoms with Crippen LogP contribution in [0.25, 0.3) is 0 Å². The van der Waals surface area contributed by atoms with Crippen LogP contribution in [-0.4, -0.2) is 47.4 Å². The molecule has 1 aromatic heterocycles. The second-order valence-electron chi connectivity index (χ2n) is 14.0. The lowest BCUT2D eigenvalue weighted by molar-refractivity contribution is -0.125. The summed E-state index contributed by atoms with van der Waals surface area (Å²) in [5, 5.41) is 8.79. The number of ether oxygens (including phenoxy) is 2. The Labute approximate surface area is 331 Å². The van der Waals surface area contributed by atoms with Gasteiger partial charge in [-0.2, -0.15) is 14.5 Å². The van der Waals surface area contributed by atoms with Gasteiger partial charge < -0.3 is 14.4 Å². The van der Waals surface area contributed by atoms with E-state index in [9.17, 15) is 40.0 Å². The molecule has 58 heavy (non-hydrogen) atoms. The number of esters is 1. The van der Waals surface area contributed by atoms with E-state index in [0.717, 1.165) is 53.8 Å². The van der Waals surface area contributed by atoms with Gasteiger partial charge in [-0.25, -0.2) is 35.2 Å². The highest BCUT2D eigenvalue weighted by atomic mass is 32.2. The molecule has 0 N–H and O–H groups in total. The third kappa shape index (κ3) is 8.43. The van der Waals surface area contributed by atoms with E-state index in [4.69, 9.17) is 9.47 Å². The van der Waals surface area contributed by atoms with Crippen LogP contribution in [0.1, 0.15) is 77.3 Å². The van der Waals surface area contributed by atoms with Crippen LogP contribution in [0.4, 0.5) is 27.6 Å². The fourth-order valence-corrected chi connectivity index (χ4v) is 8.78. The quantitative estimate of drug-likeness (QED) is 0.0506. The SMILES string of the molecule is O=C(OCc1ccccc1)c1ccc(N(Cc2ccc(C3CCCCC3)nn2)C(=O)[C@H]2CCN2S(=O)(=O)c2c(F)c(F)c(F)c(F)c2F)cc1OCc1ccccc1. The Morgan fingerprint density at radius 3 is 1.93 bits per heavy atom. The van der Waals surface area contributed by atoms with E-state index < -0.39 is 68.5 Å². The molecular formula is C42H37F5N4O6S. The standard InChI is InChI=1S/C42H37F5N4O6S/c43-35-36(44)38(46)40(39(47)37(35)45)58(54,55)51-21-20-33(51)41(52)50(23-29-16-19-32(49-48-29)28-14-8-3-9-15-28)30-17-18-31(42(53)57-25-27-12-6-2-7-13-27)34(22-30)56-24-26-10-4-1-5-11-26/h1-2,4-7,10-13,16-19,22,28,33H,3,8-9,14-15,20-21,23-25H2/t33-/m1/s1. The van der Waals surface area contributed by atoms with Crippen LogP contribution in [0, 0.1) is 29.1 Å². The average Bonchev–Trinajstić information content (AvgIpc) is 3.23. The Balaban J connectivity index is 1.24. The molecular weight excluding hydrogens is 784 g/mol. The first-order chi connectivity index (χ1) is 27.9. The number of hydrogen-bond acceptors (Lipinski definition) is 8. The summed E-state index contributed by atoms with van der Waals surface area (Å²) in [5.41, 5.74) is 2.68. The summed E-state index contributed by atoms with van der Waals surface area (Å²) in [7, 11) is -5.45. The molecule has 302 valence electrons. The largest absolute Gasteiger partial charge is 0.488 e. The predicted octanol–water partition coefficient (Wildman–Crippen LogP) is 8.15. The smallest absolute Gasteiger partial charge is 0.342 e. The molecule has 2 aliphatic rings. The van der Waals surface area contributed by atoms with Crippen LogP contribution in [0.15, 0.2) is 95.9 Å². The molecule has 5 aromatic rings. The summed E-state index contributed by atoms with van der Waals surface area (Å²) in [6, 6.07) is 24.1. The Hall–Kier alpha value is -5.74. The van der Waals surface area contributed by atoms with E-state index in [1.807, 2.05) is 18.2 Å². The summed E-state index contributed by atoms with van der Waals surface area (Å²) in [6.07, 6.45) is 5.02. The van der Waals surface area contributed by atoms with E-state index in [0.29, 0.717) is 10.00 Å². The maximum absolute atomic E-state index is 14.8. The van der Waals surface area contributed by atoms with Crippen molar-refractivity contribution in [1.29, 1.82) is 0 Å². The van der Waals surface area contributed by atoms with Gasteiger partial charge >= 0.3 is 5.97 Å². The number of carbonyl (C=O) groups is 2. The summed E-state index contributed by atoms with van der Waals surface area (Å²) < 4.78 is 111. The number of aromatic nitrogens is 2. The van der Waals surface area contributed by atoms with Gasteiger partial charge in [0.2, 0.25) is 21.7 Å². The van der Waals surface area contributed by atoms with E-state index in [1.165, 1.54) is 18.2 Å². The lowest BCUT2D eigenvalue weighted by Gasteiger charge is -2.41. The van der Waals surface area contributed by atoms with Gasteiger partial charge in [0.05, 0.1) is 17.9 Å². The molecule has 1 saturated heterocycles. The first-order valence-electron chi connectivity index (χ1n) is 18.6. The minimum atomic E-state index is -5.45. The van der Waals surface area contributed by atoms with Gasteiger partial charge in [0.15, 0.2) is 28.2 Å². The molecule has 0 bridgehead atoms. The second-order valence-corrected chi connectivity index (χ2v) is 15.9. The number of amides is 1. The molecule has 0 unspecified atom stereocenters. The molecule has 0 radical (unpaired) electrons. The normalized spacial score (nSPS) is 16.1. The number of nitrogens with zero attached hydrogens (tertiary/aromatic N) is 4. The molecule has 7 rings (SSSR count). The van der Waals surface area contributed by atoms with Crippen molar-refractivity contribution in [3.05, 3.63) is 148 Å². The molecule has 16 heteroatoms. The number of anilines is 1. The number of hydrogen-bond donors (Lipinski definition) is 0. The second kappa shape index (κ2) is 17.4. The molecule has 1 saturated carbocycles. The Bertz CT molecular complexity index is 2370. The van der Waals surface area contributed by atoms with Crippen molar-refractivity contribution in [2.45, 2.75) is 75.1 Å². The van der Waals surface area contributed by atoms with Crippen LogP contribution in [-0.2, 0) is 39.3 Å². The van der Waals surface area contributed by atoms with E-state index >= 15 is 0 Å². The topological polar surface area (TPSA) is 119 Å². The average molecular weight is 821 g/mol. The summed E-state index contributed by atoms with van der Waals surface area (Å²) in [5.74, 6) is -13.9. The number of carbonyl (C=O) groups excluding carboxylic acids is 2. The first-order valence-corrected chi connectivity index (χ1v) is 20.1. The van der Waals surface area contributed by atoms with Crippen molar-refractivity contribution in [2.24, 2.45) is 0 Å². The van der Waals surface area contributed by atoms with Gasteiger partial charge in [0.1, 0.15) is 30.6 Å². The number of rotatable bonds is 13. The molecule has 10 nitrogen and oxygen atoms in total. The van der Waals surface area contributed by atoms with Gasteiger partial charge in [-0.15, -0.1) is 0 Å². The van der Waals surface area contributed by atoms with Crippen LogP contribution in [0.2, 0.25) is 0 Å². The molecule has 1 amide bonds. The molecule has 2 fully saturated rings. The maximum atomic E-state index is 14.8. The van der Waals surface area contributed by atoms with Crippen LogP contribution < -0.4 is 9.64 Å². The van der Waals surface area contributed by atoms with Crippen molar-refractivity contribution in [3.8, 4) is 5.75 Å². The van der Waals surface area contributed by atoms with E-state index in [-0.39, 0.29) is 49.1 Å². The zero-order valence-electron chi connectivity index (χ0n) is 30.9. The highest BCUT2D eigenvalue weighted by Gasteiger charge is 2.48. The predicted molar refractivity (Wildman–Crippen MR) is 200 cm³/mol. The van der Waals surface area contributed by atoms with Crippen molar-refractivity contribution in [2.75, 3.05) is 11.4 Å². The van der Waals surface area contributed by atoms with Gasteiger partial charge in [-0.05, 0) is 54.7 Å². The summed E-state index contributed by atoms with van der Waals surface area (Å²) in [4.78, 5) is 27.1. The number of sulfonamides is 1. The third-order valence-corrected chi connectivity index (χ3v) is 12.2. The first kappa shape index (κ1) is 40.5. The monoisotopic (exact) mass is 820 g/mol. The van der Waals surface area contributed by atoms with Gasteiger partial charge in [-0.3, -0.25) is 4.79 Å². The number of benzene rings is 4. The zero-order chi connectivity index (χ0) is 41.0. The number of halogens is 5. The lowest BCUT2D eigenvalue weighted by Crippen LogP contribution is -2.59. The highest BCUT2D eigenvalue weighted by molar-refractivity contribution is 7.89. The van der Waals surface area contributed by atoms with Crippen molar-refractivity contribution in [1.82, 2.24) is 14.5 Å². The van der Waals surface area contributed by atoms with Crippen LogP contribution in [0.5, 0.6) is 5.75 Å². The maximum Gasteiger partial charge on any atom is 0.342 e. The lowest BCUT2D eigenvalue weighted by atomic mass is 9.87. The molecule has 1 aliphatic carbocycles. The van der Waals surface area contributed by atoms with Gasteiger partial charge in [0.25, 0.3) is 0 Å². The van der Waals surface area contributed by atoms with Gasteiger partial charge in [0, 0.05) is 24.2 Å². The molecule has 4 aromatic carbocycles. The van der Waals surface area contributed by atoms with Crippen molar-refractivity contribution < 1.29 is 49.4 Å². The highest BCUT2D eigenvalue weighted by Crippen LogP contribution is 2.37.